The molecule has 0 saturated heterocycles. The molecule has 0 spiro atoms. The lowest BCUT2D eigenvalue weighted by molar-refractivity contribution is -0.137. The van der Waals surface area contributed by atoms with Crippen molar-refractivity contribution in [2.45, 2.75) is 25.9 Å². The molecule has 2 aromatic carbocycles. The zero-order valence-electron chi connectivity index (χ0n) is 13.3. The van der Waals surface area contributed by atoms with Crippen LogP contribution in [-0.2, 0) is 12.6 Å². The molecule has 0 saturated carbocycles. The van der Waals surface area contributed by atoms with Crippen molar-refractivity contribution in [3.8, 4) is 5.69 Å². The molecule has 0 aliphatic rings. The van der Waals surface area contributed by atoms with Crippen molar-refractivity contribution in [1.29, 1.82) is 0 Å². The number of carboxylic acid groups (broad SMARTS) is 1. The van der Waals surface area contributed by atoms with Crippen molar-refractivity contribution in [2.75, 3.05) is 0 Å². The molecule has 1 N–H and O–H groups in total. The van der Waals surface area contributed by atoms with E-state index in [1.54, 1.807) is 16.7 Å². The van der Waals surface area contributed by atoms with Gasteiger partial charge in [-0.2, -0.15) is 13.2 Å². The average Bonchev–Trinajstić information content (AvgIpc) is 2.91. The smallest absolute Gasteiger partial charge is 0.416 e. The van der Waals surface area contributed by atoms with Gasteiger partial charge in [-0.05, 0) is 42.8 Å². The number of benzene rings is 2. The third-order valence-corrected chi connectivity index (χ3v) is 3.88. The van der Waals surface area contributed by atoms with Gasteiger partial charge in [-0.3, -0.25) is 4.57 Å². The van der Waals surface area contributed by atoms with Crippen LogP contribution in [0.15, 0.2) is 42.5 Å². The van der Waals surface area contributed by atoms with E-state index in [0.717, 1.165) is 18.6 Å². The molecule has 0 aliphatic heterocycles. The number of hydrogen-bond acceptors (Lipinski definition) is 2. The second-order valence-electron chi connectivity index (χ2n) is 5.67. The van der Waals surface area contributed by atoms with Crippen molar-refractivity contribution < 1.29 is 23.1 Å². The number of halogens is 3. The summed E-state index contributed by atoms with van der Waals surface area (Å²) in [5.41, 5.74) is 0.657. The zero-order chi connectivity index (χ0) is 18.2. The number of carboxylic acids is 1. The number of rotatable bonds is 4. The standard InChI is InChI=1S/C18H15F3N2O2/c1-2-4-16-22-14-10-12(18(19,20)21)7-8-15(14)23(16)13-6-3-5-11(9-13)17(24)25/h3,5-10H,2,4H2,1H3,(H,24,25). The minimum Gasteiger partial charge on any atom is -0.478 e. The predicted octanol–water partition coefficient (Wildman–Crippen LogP) is 4.70. The lowest BCUT2D eigenvalue weighted by atomic mass is 10.1. The summed E-state index contributed by atoms with van der Waals surface area (Å²) < 4.78 is 40.5. The highest BCUT2D eigenvalue weighted by molar-refractivity contribution is 5.88. The number of aromatic nitrogens is 2. The molecular formula is C18H15F3N2O2. The van der Waals surface area contributed by atoms with E-state index >= 15 is 0 Å². The van der Waals surface area contributed by atoms with E-state index in [4.69, 9.17) is 5.11 Å². The fraction of sp³-hybridized carbons (Fsp3) is 0.222. The summed E-state index contributed by atoms with van der Waals surface area (Å²) in [6.07, 6.45) is -3.12. The van der Waals surface area contributed by atoms with Crippen LogP contribution in [0.25, 0.3) is 16.7 Å². The number of fused-ring (bicyclic) bond motifs is 1. The average molecular weight is 348 g/mol. The number of aromatic carboxylic acids is 1. The van der Waals surface area contributed by atoms with E-state index in [0.29, 0.717) is 23.4 Å². The number of imidazole rings is 1. The maximum atomic E-state index is 12.9. The first-order chi connectivity index (χ1) is 11.8. The van der Waals surface area contributed by atoms with E-state index in [1.165, 1.54) is 18.2 Å². The first-order valence-electron chi connectivity index (χ1n) is 7.73. The lowest BCUT2D eigenvalue weighted by Crippen LogP contribution is -2.05. The highest BCUT2D eigenvalue weighted by Crippen LogP contribution is 2.32. The Morgan fingerprint density at radius 2 is 1.96 bits per heavy atom. The predicted molar refractivity (Wildman–Crippen MR) is 87.0 cm³/mol. The molecule has 0 fully saturated rings. The zero-order valence-corrected chi connectivity index (χ0v) is 13.3. The summed E-state index contributed by atoms with van der Waals surface area (Å²) in [5, 5.41) is 9.17. The summed E-state index contributed by atoms with van der Waals surface area (Å²) in [4.78, 5) is 15.5. The summed E-state index contributed by atoms with van der Waals surface area (Å²) in [6.45, 7) is 1.94. The molecule has 0 aliphatic carbocycles. The monoisotopic (exact) mass is 348 g/mol. The maximum Gasteiger partial charge on any atom is 0.416 e. The molecule has 1 heterocycles. The van der Waals surface area contributed by atoms with Gasteiger partial charge in [0.2, 0.25) is 0 Å². The number of aryl methyl sites for hydroxylation is 1. The van der Waals surface area contributed by atoms with Gasteiger partial charge >= 0.3 is 12.1 Å². The van der Waals surface area contributed by atoms with Crippen LogP contribution in [0.5, 0.6) is 0 Å². The molecule has 0 atom stereocenters. The molecule has 0 bridgehead atoms. The Hall–Kier alpha value is -2.83. The largest absolute Gasteiger partial charge is 0.478 e. The van der Waals surface area contributed by atoms with Crippen molar-refractivity contribution in [2.24, 2.45) is 0 Å². The minimum atomic E-state index is -4.44. The SMILES string of the molecule is CCCc1nc2cc(C(F)(F)F)ccc2n1-c1cccc(C(=O)O)c1. The van der Waals surface area contributed by atoms with Gasteiger partial charge in [0.05, 0.1) is 22.2 Å². The third-order valence-electron chi connectivity index (χ3n) is 3.88. The van der Waals surface area contributed by atoms with Gasteiger partial charge in [0.15, 0.2) is 0 Å². The molecule has 1 aromatic heterocycles. The topological polar surface area (TPSA) is 55.1 Å². The highest BCUT2D eigenvalue weighted by atomic mass is 19.4. The van der Waals surface area contributed by atoms with Crippen molar-refractivity contribution in [1.82, 2.24) is 9.55 Å². The third kappa shape index (κ3) is 3.22. The second kappa shape index (κ2) is 6.23. The Morgan fingerprint density at radius 1 is 1.20 bits per heavy atom. The summed E-state index contributed by atoms with van der Waals surface area (Å²) in [6, 6.07) is 9.67. The summed E-state index contributed by atoms with van der Waals surface area (Å²) >= 11 is 0. The van der Waals surface area contributed by atoms with Crippen LogP contribution < -0.4 is 0 Å². The maximum absolute atomic E-state index is 12.9. The van der Waals surface area contributed by atoms with E-state index < -0.39 is 17.7 Å². The lowest BCUT2D eigenvalue weighted by Gasteiger charge is -2.10. The molecule has 0 radical (unpaired) electrons. The molecule has 7 heteroatoms. The van der Waals surface area contributed by atoms with Crippen LogP contribution in [0, 0.1) is 0 Å². The molecule has 0 amide bonds. The molecule has 25 heavy (non-hydrogen) atoms. The molecule has 3 rings (SSSR count). The van der Waals surface area contributed by atoms with Gasteiger partial charge in [0, 0.05) is 12.1 Å². The van der Waals surface area contributed by atoms with E-state index in [9.17, 15) is 18.0 Å². The first-order valence-corrected chi connectivity index (χ1v) is 7.73. The van der Waals surface area contributed by atoms with Gasteiger partial charge in [0.25, 0.3) is 0 Å². The fourth-order valence-corrected chi connectivity index (χ4v) is 2.76. The van der Waals surface area contributed by atoms with Gasteiger partial charge in [-0.15, -0.1) is 0 Å². The van der Waals surface area contributed by atoms with E-state index in [2.05, 4.69) is 4.98 Å². The Labute approximate surface area is 141 Å². The van der Waals surface area contributed by atoms with E-state index in [-0.39, 0.29) is 11.1 Å². The number of nitrogens with zero attached hydrogens (tertiary/aromatic N) is 2. The van der Waals surface area contributed by atoms with Crippen LogP contribution in [0.4, 0.5) is 13.2 Å². The van der Waals surface area contributed by atoms with Crippen LogP contribution in [0.3, 0.4) is 0 Å². The Morgan fingerprint density at radius 3 is 2.60 bits per heavy atom. The van der Waals surface area contributed by atoms with Crippen molar-refractivity contribution in [3.63, 3.8) is 0 Å². The van der Waals surface area contributed by atoms with Crippen LogP contribution in [0.2, 0.25) is 0 Å². The van der Waals surface area contributed by atoms with Crippen LogP contribution in [-0.4, -0.2) is 20.6 Å². The van der Waals surface area contributed by atoms with Gasteiger partial charge in [0.1, 0.15) is 5.82 Å². The van der Waals surface area contributed by atoms with Gasteiger partial charge < -0.3 is 5.11 Å². The molecule has 4 nitrogen and oxygen atoms in total. The van der Waals surface area contributed by atoms with Gasteiger partial charge in [-0.1, -0.05) is 13.0 Å². The normalized spacial score (nSPS) is 11.8. The second-order valence-corrected chi connectivity index (χ2v) is 5.67. The van der Waals surface area contributed by atoms with Crippen molar-refractivity contribution in [3.05, 3.63) is 59.4 Å². The summed E-state index contributed by atoms with van der Waals surface area (Å²) in [7, 11) is 0. The Bertz CT molecular complexity index is 945. The Balaban J connectivity index is 2.24. The van der Waals surface area contributed by atoms with E-state index in [1.807, 2.05) is 6.92 Å². The highest BCUT2D eigenvalue weighted by Gasteiger charge is 2.31. The quantitative estimate of drug-likeness (QED) is 0.744. The molecule has 0 unspecified atom stereocenters. The van der Waals surface area contributed by atoms with Crippen LogP contribution >= 0.6 is 0 Å². The first kappa shape index (κ1) is 17.0. The molecular weight excluding hydrogens is 333 g/mol. The number of carbonyl (C=O) groups is 1. The van der Waals surface area contributed by atoms with Crippen LogP contribution in [0.1, 0.15) is 35.1 Å². The molecule has 130 valence electrons. The number of hydrogen-bond donors (Lipinski definition) is 1. The van der Waals surface area contributed by atoms with Gasteiger partial charge in [-0.25, -0.2) is 9.78 Å². The molecule has 3 aromatic rings. The summed E-state index contributed by atoms with van der Waals surface area (Å²) in [5.74, 6) is -0.470. The fourth-order valence-electron chi connectivity index (χ4n) is 2.76. The van der Waals surface area contributed by atoms with Crippen molar-refractivity contribution >= 4 is 17.0 Å². The number of alkyl halides is 3. The Kier molecular flexibility index (Phi) is 4.24. The minimum absolute atomic E-state index is 0.105.